The van der Waals surface area contributed by atoms with Crippen LogP contribution in [0.3, 0.4) is 0 Å². The van der Waals surface area contributed by atoms with Crippen LogP contribution >= 0.6 is 34.5 Å². The molecule has 5 nitrogen and oxygen atoms in total. The zero-order chi connectivity index (χ0) is 25.4. The highest BCUT2D eigenvalue weighted by Crippen LogP contribution is 2.38. The summed E-state index contributed by atoms with van der Waals surface area (Å²) in [4.78, 5) is 34.1. The Labute approximate surface area is 226 Å². The van der Waals surface area contributed by atoms with E-state index in [1.807, 2.05) is 16.7 Å². The fourth-order valence-corrected chi connectivity index (χ4v) is 6.55. The summed E-state index contributed by atoms with van der Waals surface area (Å²) in [5.74, 6) is 0.0227. The van der Waals surface area contributed by atoms with Gasteiger partial charge in [0.1, 0.15) is 0 Å². The van der Waals surface area contributed by atoms with E-state index in [0.29, 0.717) is 41.8 Å². The molecular weight excluding hydrogens is 513 g/mol. The molecule has 3 heterocycles. The molecule has 0 spiro atoms. The van der Waals surface area contributed by atoms with Crippen LogP contribution in [-0.2, 0) is 11.2 Å². The summed E-state index contributed by atoms with van der Waals surface area (Å²) >= 11 is 13.9. The maximum absolute atomic E-state index is 13.5. The third-order valence-electron chi connectivity index (χ3n) is 7.29. The molecule has 0 bridgehead atoms. The normalized spacial score (nSPS) is 20.3. The van der Waals surface area contributed by atoms with Gasteiger partial charge in [-0.3, -0.25) is 14.5 Å². The Hall–Kier alpha value is -2.38. The van der Waals surface area contributed by atoms with Crippen LogP contribution in [0.25, 0.3) is 0 Å². The molecule has 2 aliphatic heterocycles. The van der Waals surface area contributed by atoms with Crippen LogP contribution in [0, 0.1) is 6.92 Å². The number of rotatable bonds is 4. The van der Waals surface area contributed by atoms with Crippen molar-refractivity contribution in [3.63, 3.8) is 0 Å². The Morgan fingerprint density at radius 1 is 1.00 bits per heavy atom. The Balaban J connectivity index is 1.28. The Morgan fingerprint density at radius 3 is 2.56 bits per heavy atom. The standard InChI is InChI=1S/C28H29Cl2N3O2S/c1-18-5-3-4-6-21(18)27-22-10-14-36-25(22)9-11-32(27)17-26(34)31-12-13-33(19(2)16-31)28(35)20-7-8-23(29)24(30)15-20/h3-8,10,14-15,19,27H,9,11-13,16-17H2,1-2H3/t19-,27+/m1/s1. The van der Waals surface area contributed by atoms with Gasteiger partial charge in [-0.15, -0.1) is 11.3 Å². The number of benzene rings is 2. The van der Waals surface area contributed by atoms with Crippen molar-refractivity contribution in [2.45, 2.75) is 32.4 Å². The molecule has 0 N–H and O–H groups in total. The van der Waals surface area contributed by atoms with Gasteiger partial charge >= 0.3 is 0 Å². The molecule has 2 amide bonds. The molecule has 5 rings (SSSR count). The van der Waals surface area contributed by atoms with Crippen molar-refractivity contribution >= 4 is 46.4 Å². The van der Waals surface area contributed by atoms with Gasteiger partial charge in [-0.05, 0) is 66.6 Å². The highest BCUT2D eigenvalue weighted by atomic mass is 35.5. The molecule has 2 atom stereocenters. The zero-order valence-electron chi connectivity index (χ0n) is 20.4. The number of nitrogens with zero attached hydrogens (tertiary/aromatic N) is 3. The highest BCUT2D eigenvalue weighted by Gasteiger charge is 2.35. The summed E-state index contributed by atoms with van der Waals surface area (Å²) in [6, 6.07) is 15.6. The second-order valence-electron chi connectivity index (χ2n) is 9.59. The van der Waals surface area contributed by atoms with Crippen molar-refractivity contribution in [1.82, 2.24) is 14.7 Å². The Morgan fingerprint density at radius 2 is 1.81 bits per heavy atom. The fourth-order valence-electron chi connectivity index (χ4n) is 5.35. The van der Waals surface area contributed by atoms with Crippen molar-refractivity contribution in [3.8, 4) is 0 Å². The van der Waals surface area contributed by atoms with E-state index in [1.165, 1.54) is 21.6 Å². The number of carbonyl (C=O) groups excluding carboxylic acids is 2. The maximum Gasteiger partial charge on any atom is 0.254 e. The smallest absolute Gasteiger partial charge is 0.254 e. The quantitative estimate of drug-likeness (QED) is 0.426. The molecule has 1 aromatic heterocycles. The van der Waals surface area contributed by atoms with E-state index >= 15 is 0 Å². The third-order valence-corrected chi connectivity index (χ3v) is 9.03. The molecule has 36 heavy (non-hydrogen) atoms. The van der Waals surface area contributed by atoms with Gasteiger partial charge in [0.15, 0.2) is 0 Å². The minimum Gasteiger partial charge on any atom is -0.338 e. The molecule has 0 aliphatic carbocycles. The minimum atomic E-state index is -0.0957. The molecule has 1 saturated heterocycles. The van der Waals surface area contributed by atoms with E-state index in [2.05, 4.69) is 47.5 Å². The van der Waals surface area contributed by atoms with E-state index in [9.17, 15) is 9.59 Å². The predicted molar refractivity (Wildman–Crippen MR) is 146 cm³/mol. The summed E-state index contributed by atoms with van der Waals surface area (Å²) < 4.78 is 0. The molecule has 0 saturated carbocycles. The lowest BCUT2D eigenvalue weighted by Crippen LogP contribution is -2.57. The van der Waals surface area contributed by atoms with E-state index < -0.39 is 0 Å². The first kappa shape index (κ1) is 25.3. The molecule has 2 aliphatic rings. The van der Waals surface area contributed by atoms with Gasteiger partial charge in [-0.25, -0.2) is 0 Å². The van der Waals surface area contributed by atoms with Gasteiger partial charge in [0.25, 0.3) is 5.91 Å². The van der Waals surface area contributed by atoms with Crippen LogP contribution in [0.1, 0.15) is 44.9 Å². The van der Waals surface area contributed by atoms with Crippen molar-refractivity contribution in [2.24, 2.45) is 0 Å². The summed E-state index contributed by atoms with van der Waals surface area (Å²) in [5.41, 5.74) is 4.33. The van der Waals surface area contributed by atoms with Gasteiger partial charge in [0, 0.05) is 42.7 Å². The fraction of sp³-hybridized carbons (Fsp3) is 0.357. The summed E-state index contributed by atoms with van der Waals surface area (Å²) in [6.45, 7) is 6.86. The van der Waals surface area contributed by atoms with Gasteiger partial charge in [-0.2, -0.15) is 0 Å². The molecule has 0 radical (unpaired) electrons. The van der Waals surface area contributed by atoms with Gasteiger partial charge in [0.2, 0.25) is 5.91 Å². The predicted octanol–water partition coefficient (Wildman–Crippen LogP) is 5.68. The zero-order valence-corrected chi connectivity index (χ0v) is 22.7. The molecular formula is C28H29Cl2N3O2S. The topological polar surface area (TPSA) is 43.9 Å². The van der Waals surface area contributed by atoms with Crippen LogP contribution in [0.5, 0.6) is 0 Å². The van der Waals surface area contributed by atoms with Crippen LogP contribution in [0.15, 0.2) is 53.9 Å². The number of hydrogen-bond donors (Lipinski definition) is 0. The van der Waals surface area contributed by atoms with Gasteiger partial charge < -0.3 is 9.80 Å². The molecule has 3 aromatic rings. The maximum atomic E-state index is 13.5. The molecule has 0 unspecified atom stereocenters. The number of thiophene rings is 1. The second-order valence-corrected chi connectivity index (χ2v) is 11.4. The van der Waals surface area contributed by atoms with Crippen LogP contribution in [0.2, 0.25) is 10.0 Å². The lowest BCUT2D eigenvalue weighted by Gasteiger charge is -2.42. The first-order chi connectivity index (χ1) is 17.3. The van der Waals surface area contributed by atoms with Crippen LogP contribution in [0.4, 0.5) is 0 Å². The minimum absolute atomic E-state index is 0.0834. The van der Waals surface area contributed by atoms with Crippen molar-refractivity contribution in [3.05, 3.63) is 91.1 Å². The van der Waals surface area contributed by atoms with Crippen molar-refractivity contribution < 1.29 is 9.59 Å². The Bertz CT molecular complexity index is 1290. The second kappa shape index (κ2) is 10.5. The number of fused-ring (bicyclic) bond motifs is 1. The summed E-state index contributed by atoms with van der Waals surface area (Å²) in [6.07, 6.45) is 0.963. The van der Waals surface area contributed by atoms with E-state index in [1.54, 1.807) is 29.5 Å². The number of halogens is 2. The Kier molecular flexibility index (Phi) is 7.40. The van der Waals surface area contributed by atoms with Crippen LogP contribution < -0.4 is 0 Å². The molecule has 2 aromatic carbocycles. The largest absolute Gasteiger partial charge is 0.338 e. The van der Waals surface area contributed by atoms with E-state index in [4.69, 9.17) is 23.2 Å². The van der Waals surface area contributed by atoms with Crippen LogP contribution in [-0.4, -0.2) is 65.3 Å². The highest BCUT2D eigenvalue weighted by molar-refractivity contribution is 7.10. The average molecular weight is 543 g/mol. The van der Waals surface area contributed by atoms with Crippen molar-refractivity contribution in [1.29, 1.82) is 0 Å². The number of piperazine rings is 1. The SMILES string of the molecule is Cc1ccccc1[C@H]1c2ccsc2CCN1CC(=O)N1CCN(C(=O)c2ccc(Cl)c(Cl)c2)[C@H](C)C1. The van der Waals surface area contributed by atoms with Gasteiger partial charge in [0.05, 0.1) is 22.6 Å². The number of amides is 2. The molecule has 1 fully saturated rings. The third kappa shape index (κ3) is 4.92. The van der Waals surface area contributed by atoms with Crippen molar-refractivity contribution in [2.75, 3.05) is 32.7 Å². The first-order valence-corrected chi connectivity index (χ1v) is 13.9. The number of aryl methyl sites for hydroxylation is 1. The summed E-state index contributed by atoms with van der Waals surface area (Å²) in [5, 5.41) is 2.95. The lowest BCUT2D eigenvalue weighted by atomic mass is 9.90. The van der Waals surface area contributed by atoms with E-state index in [-0.39, 0.29) is 23.9 Å². The molecule has 8 heteroatoms. The average Bonchev–Trinajstić information content (AvgIpc) is 3.35. The lowest BCUT2D eigenvalue weighted by molar-refractivity contribution is -0.135. The number of hydrogen-bond acceptors (Lipinski definition) is 4. The number of carbonyl (C=O) groups is 2. The first-order valence-electron chi connectivity index (χ1n) is 12.2. The molecule has 188 valence electrons. The summed E-state index contributed by atoms with van der Waals surface area (Å²) in [7, 11) is 0. The van der Waals surface area contributed by atoms with E-state index in [0.717, 1.165) is 13.0 Å². The van der Waals surface area contributed by atoms with Gasteiger partial charge in [-0.1, -0.05) is 47.5 Å². The monoisotopic (exact) mass is 541 g/mol.